The third-order valence-corrected chi connectivity index (χ3v) is 3.57. The minimum absolute atomic E-state index is 0.0214. The number of methoxy groups -OCH3 is 1. The highest BCUT2D eigenvalue weighted by Gasteiger charge is 2.18. The van der Waals surface area contributed by atoms with E-state index in [9.17, 15) is 4.79 Å². The van der Waals surface area contributed by atoms with E-state index in [1.54, 1.807) is 7.11 Å². The molecule has 1 rings (SSSR count). The zero-order valence-electron chi connectivity index (χ0n) is 14.0. The topological polar surface area (TPSA) is 70.6 Å². The molecule has 1 aromatic rings. The fourth-order valence-electron chi connectivity index (χ4n) is 2.19. The maximum atomic E-state index is 11.9. The van der Waals surface area contributed by atoms with Crippen molar-refractivity contribution in [3.63, 3.8) is 0 Å². The molecule has 3 N–H and O–H groups in total. The van der Waals surface area contributed by atoms with Gasteiger partial charge in [0, 0.05) is 19.2 Å². The van der Waals surface area contributed by atoms with Crippen LogP contribution in [-0.4, -0.2) is 37.4 Å². The second kappa shape index (κ2) is 8.63. The molecule has 0 aliphatic rings. The van der Waals surface area contributed by atoms with Crippen molar-refractivity contribution in [1.82, 2.24) is 10.6 Å². The number of nitrogens with one attached hydrogen (secondary N) is 2. The predicted octanol–water partition coefficient (Wildman–Crippen LogP) is 2.33. The Labute approximate surface area is 133 Å². The standard InChI is InChI=1S/C17H28N2O3/c1-13(10-14-6-5-7-15(11-14)22-4)19-16(21)18-12-17(2,3)8-9-20/h5-7,11,13,20H,8-10,12H2,1-4H3,(H2,18,19,21). The first kappa shape index (κ1) is 18.3. The zero-order chi connectivity index (χ0) is 16.6. The van der Waals surface area contributed by atoms with Crippen LogP contribution < -0.4 is 15.4 Å². The zero-order valence-corrected chi connectivity index (χ0v) is 14.0. The smallest absolute Gasteiger partial charge is 0.315 e. The van der Waals surface area contributed by atoms with Gasteiger partial charge in [0.15, 0.2) is 0 Å². The van der Waals surface area contributed by atoms with E-state index in [0.717, 1.165) is 17.7 Å². The van der Waals surface area contributed by atoms with Gasteiger partial charge in [-0.1, -0.05) is 26.0 Å². The Morgan fingerprint density at radius 2 is 2.14 bits per heavy atom. The number of hydrogen-bond acceptors (Lipinski definition) is 3. The van der Waals surface area contributed by atoms with E-state index in [-0.39, 0.29) is 24.1 Å². The first-order valence-electron chi connectivity index (χ1n) is 7.64. The lowest BCUT2D eigenvalue weighted by molar-refractivity contribution is 0.200. The second-order valence-electron chi connectivity index (χ2n) is 6.42. The lowest BCUT2D eigenvalue weighted by Gasteiger charge is -2.24. The van der Waals surface area contributed by atoms with Gasteiger partial charge < -0.3 is 20.5 Å². The number of carbonyl (C=O) groups is 1. The lowest BCUT2D eigenvalue weighted by atomic mass is 9.90. The fourth-order valence-corrected chi connectivity index (χ4v) is 2.19. The van der Waals surface area contributed by atoms with Crippen LogP contribution in [0.25, 0.3) is 0 Å². The average molecular weight is 308 g/mol. The van der Waals surface area contributed by atoms with Crippen LogP contribution in [0.5, 0.6) is 5.75 Å². The molecule has 22 heavy (non-hydrogen) atoms. The van der Waals surface area contributed by atoms with E-state index in [0.29, 0.717) is 13.0 Å². The third kappa shape index (κ3) is 6.80. The van der Waals surface area contributed by atoms with Crippen molar-refractivity contribution in [2.24, 2.45) is 5.41 Å². The highest BCUT2D eigenvalue weighted by Crippen LogP contribution is 2.18. The fraction of sp³-hybridized carbons (Fsp3) is 0.588. The summed E-state index contributed by atoms with van der Waals surface area (Å²) < 4.78 is 5.20. The SMILES string of the molecule is COc1cccc(CC(C)NC(=O)NCC(C)(C)CCO)c1. The highest BCUT2D eigenvalue weighted by molar-refractivity contribution is 5.74. The molecular weight excluding hydrogens is 280 g/mol. The van der Waals surface area contributed by atoms with E-state index < -0.39 is 0 Å². The molecule has 1 aromatic carbocycles. The minimum Gasteiger partial charge on any atom is -0.497 e. The number of aliphatic hydroxyl groups excluding tert-OH is 1. The Morgan fingerprint density at radius 1 is 1.41 bits per heavy atom. The first-order chi connectivity index (χ1) is 10.4. The maximum absolute atomic E-state index is 11.9. The molecule has 0 saturated heterocycles. The van der Waals surface area contributed by atoms with Gasteiger partial charge in [0.25, 0.3) is 0 Å². The predicted molar refractivity (Wildman–Crippen MR) is 88.2 cm³/mol. The molecule has 1 unspecified atom stereocenters. The molecule has 0 heterocycles. The highest BCUT2D eigenvalue weighted by atomic mass is 16.5. The van der Waals surface area contributed by atoms with Crippen molar-refractivity contribution in [2.45, 2.75) is 39.7 Å². The number of aliphatic hydroxyl groups is 1. The van der Waals surface area contributed by atoms with Crippen molar-refractivity contribution in [3.8, 4) is 5.75 Å². The van der Waals surface area contributed by atoms with E-state index in [1.165, 1.54) is 0 Å². The van der Waals surface area contributed by atoms with Crippen molar-refractivity contribution in [2.75, 3.05) is 20.3 Å². The number of urea groups is 1. The van der Waals surface area contributed by atoms with Gasteiger partial charge in [-0.3, -0.25) is 0 Å². The van der Waals surface area contributed by atoms with Crippen LogP contribution >= 0.6 is 0 Å². The quantitative estimate of drug-likeness (QED) is 0.690. The van der Waals surface area contributed by atoms with E-state index >= 15 is 0 Å². The minimum atomic E-state index is -0.179. The van der Waals surface area contributed by atoms with Crippen LogP contribution in [0.15, 0.2) is 24.3 Å². The molecule has 0 fully saturated rings. The Morgan fingerprint density at radius 3 is 2.77 bits per heavy atom. The van der Waals surface area contributed by atoms with Crippen LogP contribution in [-0.2, 0) is 6.42 Å². The van der Waals surface area contributed by atoms with Gasteiger partial charge in [0.05, 0.1) is 7.11 Å². The Kier molecular flexibility index (Phi) is 7.18. The number of hydrogen-bond donors (Lipinski definition) is 3. The summed E-state index contributed by atoms with van der Waals surface area (Å²) in [6, 6.07) is 7.67. The summed E-state index contributed by atoms with van der Waals surface area (Å²) in [5.74, 6) is 0.819. The van der Waals surface area contributed by atoms with Gasteiger partial charge in [-0.15, -0.1) is 0 Å². The van der Waals surface area contributed by atoms with Crippen LogP contribution in [0.1, 0.15) is 32.8 Å². The number of amides is 2. The maximum Gasteiger partial charge on any atom is 0.315 e. The summed E-state index contributed by atoms with van der Waals surface area (Å²) >= 11 is 0. The van der Waals surface area contributed by atoms with Gasteiger partial charge in [-0.2, -0.15) is 0 Å². The second-order valence-corrected chi connectivity index (χ2v) is 6.42. The van der Waals surface area contributed by atoms with Crippen molar-refractivity contribution in [1.29, 1.82) is 0 Å². The molecule has 5 nitrogen and oxygen atoms in total. The third-order valence-electron chi connectivity index (χ3n) is 3.57. The molecular formula is C17H28N2O3. The molecule has 0 aliphatic carbocycles. The monoisotopic (exact) mass is 308 g/mol. The van der Waals surface area contributed by atoms with Gasteiger partial charge >= 0.3 is 6.03 Å². The largest absolute Gasteiger partial charge is 0.497 e. The normalized spacial score (nSPS) is 12.6. The molecule has 0 saturated carbocycles. The molecule has 1 atom stereocenters. The Bertz CT molecular complexity index is 475. The van der Waals surface area contributed by atoms with E-state index in [2.05, 4.69) is 10.6 Å². The van der Waals surface area contributed by atoms with Gasteiger partial charge in [-0.25, -0.2) is 4.79 Å². The van der Waals surface area contributed by atoms with Gasteiger partial charge in [0.1, 0.15) is 5.75 Å². The molecule has 0 aliphatic heterocycles. The number of benzene rings is 1. The van der Waals surface area contributed by atoms with Crippen molar-refractivity contribution < 1.29 is 14.6 Å². The summed E-state index contributed by atoms with van der Waals surface area (Å²) in [7, 11) is 1.64. The lowest BCUT2D eigenvalue weighted by Crippen LogP contribution is -2.45. The first-order valence-corrected chi connectivity index (χ1v) is 7.64. The molecule has 124 valence electrons. The van der Waals surface area contributed by atoms with E-state index in [4.69, 9.17) is 9.84 Å². The van der Waals surface area contributed by atoms with Crippen LogP contribution in [0.2, 0.25) is 0 Å². The Balaban J connectivity index is 2.40. The van der Waals surface area contributed by atoms with Crippen LogP contribution in [0, 0.1) is 5.41 Å². The van der Waals surface area contributed by atoms with Crippen LogP contribution in [0.4, 0.5) is 4.79 Å². The average Bonchev–Trinajstić information content (AvgIpc) is 2.45. The van der Waals surface area contributed by atoms with Gasteiger partial charge in [0.2, 0.25) is 0 Å². The van der Waals surface area contributed by atoms with Crippen LogP contribution in [0.3, 0.4) is 0 Å². The summed E-state index contributed by atoms with van der Waals surface area (Å²) in [6.07, 6.45) is 1.40. The molecule has 2 amide bonds. The molecule has 0 spiro atoms. The number of rotatable bonds is 8. The molecule has 0 radical (unpaired) electrons. The number of ether oxygens (including phenoxy) is 1. The summed E-state index contributed by atoms with van der Waals surface area (Å²) in [5, 5.41) is 14.8. The summed E-state index contributed by atoms with van der Waals surface area (Å²) in [6.45, 7) is 6.66. The summed E-state index contributed by atoms with van der Waals surface area (Å²) in [4.78, 5) is 11.9. The Hall–Kier alpha value is -1.75. The van der Waals surface area contributed by atoms with Crippen molar-refractivity contribution in [3.05, 3.63) is 29.8 Å². The van der Waals surface area contributed by atoms with E-state index in [1.807, 2.05) is 45.0 Å². The molecule has 5 heteroatoms. The summed E-state index contributed by atoms with van der Waals surface area (Å²) in [5.41, 5.74) is 1.01. The van der Waals surface area contributed by atoms with Crippen molar-refractivity contribution >= 4 is 6.03 Å². The van der Waals surface area contributed by atoms with Gasteiger partial charge in [-0.05, 0) is 42.9 Å². The number of carbonyl (C=O) groups excluding carboxylic acids is 1. The molecule has 0 aromatic heterocycles. The molecule has 0 bridgehead atoms.